The van der Waals surface area contributed by atoms with Gasteiger partial charge in [0.1, 0.15) is 6.29 Å². The van der Waals surface area contributed by atoms with Gasteiger partial charge in [-0.05, 0) is 31.9 Å². The van der Waals surface area contributed by atoms with Gasteiger partial charge in [-0.25, -0.2) is 13.1 Å². The summed E-state index contributed by atoms with van der Waals surface area (Å²) in [6.07, 6.45) is 0.876. The number of carbonyl (C=O) groups excluding carboxylic acids is 1. The van der Waals surface area contributed by atoms with Crippen molar-refractivity contribution >= 4 is 16.3 Å². The zero-order valence-electron chi connectivity index (χ0n) is 10.3. The van der Waals surface area contributed by atoms with E-state index in [1.807, 2.05) is 19.1 Å². The topological polar surface area (TPSA) is 63.2 Å². The van der Waals surface area contributed by atoms with Crippen LogP contribution in [0.5, 0.6) is 0 Å². The van der Waals surface area contributed by atoms with Gasteiger partial charge in [0.15, 0.2) is 0 Å². The Hall–Kier alpha value is -1.20. The lowest BCUT2D eigenvalue weighted by Gasteiger charge is -2.12. The van der Waals surface area contributed by atoms with Crippen LogP contribution in [0.3, 0.4) is 0 Å². The molecule has 4 nitrogen and oxygen atoms in total. The highest BCUT2D eigenvalue weighted by atomic mass is 32.2. The Labute approximate surface area is 102 Å². The second-order valence-electron chi connectivity index (χ2n) is 4.08. The van der Waals surface area contributed by atoms with Crippen LogP contribution in [0.1, 0.15) is 23.1 Å². The van der Waals surface area contributed by atoms with Crippen molar-refractivity contribution in [3.05, 3.63) is 28.8 Å². The molecule has 0 saturated heterocycles. The molecular weight excluding hydrogens is 238 g/mol. The van der Waals surface area contributed by atoms with Gasteiger partial charge in [-0.15, -0.1) is 0 Å². The van der Waals surface area contributed by atoms with E-state index in [0.717, 1.165) is 16.7 Å². The van der Waals surface area contributed by atoms with Crippen LogP contribution in [0.15, 0.2) is 17.0 Å². The van der Waals surface area contributed by atoms with Gasteiger partial charge >= 0.3 is 0 Å². The van der Waals surface area contributed by atoms with Crippen LogP contribution in [-0.4, -0.2) is 21.2 Å². The Morgan fingerprint density at radius 2 is 1.71 bits per heavy atom. The third kappa shape index (κ3) is 3.38. The van der Waals surface area contributed by atoms with E-state index in [1.165, 1.54) is 0 Å². The van der Waals surface area contributed by atoms with Crippen molar-refractivity contribution in [1.29, 1.82) is 0 Å². The largest absolute Gasteiger partial charge is 0.303 e. The van der Waals surface area contributed by atoms with Crippen molar-refractivity contribution in [3.63, 3.8) is 0 Å². The molecule has 5 heteroatoms. The van der Waals surface area contributed by atoms with Crippen LogP contribution < -0.4 is 4.72 Å². The maximum atomic E-state index is 12.0. The summed E-state index contributed by atoms with van der Waals surface area (Å²) in [5.41, 5.74) is 2.48. The molecule has 0 unspecified atom stereocenters. The fraction of sp³-hybridized carbons (Fsp3) is 0.417. The van der Waals surface area contributed by atoms with Crippen LogP contribution in [0.25, 0.3) is 0 Å². The number of carbonyl (C=O) groups is 1. The molecule has 17 heavy (non-hydrogen) atoms. The number of benzene rings is 1. The van der Waals surface area contributed by atoms with Crippen molar-refractivity contribution in [3.8, 4) is 0 Å². The molecule has 0 heterocycles. The fourth-order valence-electron chi connectivity index (χ4n) is 1.92. The first-order valence-corrected chi connectivity index (χ1v) is 6.88. The predicted octanol–water partition coefficient (Wildman–Crippen LogP) is 1.48. The van der Waals surface area contributed by atoms with Gasteiger partial charge in [0, 0.05) is 13.0 Å². The lowest BCUT2D eigenvalue weighted by atomic mass is 10.1. The van der Waals surface area contributed by atoms with Crippen LogP contribution in [0, 0.1) is 20.8 Å². The highest BCUT2D eigenvalue weighted by Crippen LogP contribution is 2.21. The molecule has 0 aliphatic carbocycles. The van der Waals surface area contributed by atoms with Crippen molar-refractivity contribution in [1.82, 2.24) is 4.72 Å². The van der Waals surface area contributed by atoms with Crippen LogP contribution in [0.4, 0.5) is 0 Å². The Morgan fingerprint density at radius 3 is 2.18 bits per heavy atom. The molecule has 0 fully saturated rings. The minimum atomic E-state index is -3.52. The Kier molecular flexibility index (Phi) is 4.42. The van der Waals surface area contributed by atoms with Gasteiger partial charge in [-0.2, -0.15) is 0 Å². The standard InChI is InChI=1S/C12H17NO3S/c1-9-7-10(2)12(11(3)8-9)17(15,16)13-5-4-6-14/h6-8,13H,4-5H2,1-3H3. The summed E-state index contributed by atoms with van der Waals surface area (Å²) < 4.78 is 26.5. The molecule has 0 amide bonds. The molecule has 1 N–H and O–H groups in total. The summed E-state index contributed by atoms with van der Waals surface area (Å²) in [7, 11) is -3.52. The molecule has 0 radical (unpaired) electrons. The molecule has 1 aromatic rings. The Bertz CT molecular complexity index is 498. The normalized spacial score (nSPS) is 11.5. The van der Waals surface area contributed by atoms with E-state index in [2.05, 4.69) is 4.72 Å². The minimum absolute atomic E-state index is 0.137. The van der Waals surface area contributed by atoms with E-state index in [4.69, 9.17) is 0 Å². The maximum Gasteiger partial charge on any atom is 0.241 e. The lowest BCUT2D eigenvalue weighted by molar-refractivity contribution is -0.107. The average molecular weight is 255 g/mol. The van der Waals surface area contributed by atoms with Crippen molar-refractivity contribution in [2.45, 2.75) is 32.1 Å². The summed E-state index contributed by atoms with van der Waals surface area (Å²) in [5, 5.41) is 0. The number of aldehydes is 1. The monoisotopic (exact) mass is 255 g/mol. The fourth-order valence-corrected chi connectivity index (χ4v) is 3.41. The van der Waals surface area contributed by atoms with Gasteiger partial charge in [-0.1, -0.05) is 17.7 Å². The summed E-state index contributed by atoms with van der Waals surface area (Å²) >= 11 is 0. The van der Waals surface area contributed by atoms with Crippen molar-refractivity contribution in [2.75, 3.05) is 6.54 Å². The summed E-state index contributed by atoms with van der Waals surface area (Å²) in [4.78, 5) is 10.5. The molecule has 0 saturated carbocycles. The van der Waals surface area contributed by atoms with Crippen LogP contribution in [-0.2, 0) is 14.8 Å². The molecule has 0 spiro atoms. The molecule has 0 aliphatic rings. The highest BCUT2D eigenvalue weighted by molar-refractivity contribution is 7.89. The van der Waals surface area contributed by atoms with Crippen LogP contribution >= 0.6 is 0 Å². The second-order valence-corrected chi connectivity index (χ2v) is 5.78. The summed E-state index contributed by atoms with van der Waals surface area (Å²) in [5.74, 6) is 0. The van der Waals surface area contributed by atoms with Crippen LogP contribution in [0.2, 0.25) is 0 Å². The lowest BCUT2D eigenvalue weighted by Crippen LogP contribution is -2.26. The van der Waals surface area contributed by atoms with Gasteiger partial charge in [0.2, 0.25) is 10.0 Å². The first kappa shape index (κ1) is 13.9. The summed E-state index contributed by atoms with van der Waals surface area (Å²) in [6.45, 7) is 5.61. The predicted molar refractivity (Wildman–Crippen MR) is 66.5 cm³/mol. The maximum absolute atomic E-state index is 12.0. The van der Waals surface area contributed by atoms with Gasteiger partial charge in [0.05, 0.1) is 4.90 Å². The molecule has 0 atom stereocenters. The SMILES string of the molecule is Cc1cc(C)c(S(=O)(=O)NCCC=O)c(C)c1. The summed E-state index contributed by atoms with van der Waals surface area (Å²) in [6, 6.07) is 3.67. The van der Waals surface area contributed by atoms with E-state index in [9.17, 15) is 13.2 Å². The van der Waals surface area contributed by atoms with E-state index in [1.54, 1.807) is 13.8 Å². The number of nitrogens with one attached hydrogen (secondary N) is 1. The highest BCUT2D eigenvalue weighted by Gasteiger charge is 2.18. The first-order chi connectivity index (χ1) is 7.88. The Morgan fingerprint density at radius 1 is 1.18 bits per heavy atom. The molecule has 0 bridgehead atoms. The number of rotatable bonds is 5. The van der Waals surface area contributed by atoms with Crippen molar-refractivity contribution < 1.29 is 13.2 Å². The van der Waals surface area contributed by atoms with Gasteiger partial charge in [0.25, 0.3) is 0 Å². The second kappa shape index (κ2) is 5.42. The quantitative estimate of drug-likeness (QED) is 0.640. The molecular formula is C12H17NO3S. The van der Waals surface area contributed by atoms with E-state index in [0.29, 0.717) is 11.2 Å². The zero-order valence-corrected chi connectivity index (χ0v) is 11.1. The average Bonchev–Trinajstić information content (AvgIpc) is 2.15. The van der Waals surface area contributed by atoms with E-state index < -0.39 is 10.0 Å². The molecule has 94 valence electrons. The van der Waals surface area contributed by atoms with E-state index in [-0.39, 0.29) is 13.0 Å². The number of aryl methyl sites for hydroxylation is 3. The zero-order chi connectivity index (χ0) is 13.1. The minimum Gasteiger partial charge on any atom is -0.303 e. The third-order valence-corrected chi connectivity index (χ3v) is 4.19. The van der Waals surface area contributed by atoms with Crippen molar-refractivity contribution in [2.24, 2.45) is 0 Å². The molecule has 1 aromatic carbocycles. The van der Waals surface area contributed by atoms with E-state index >= 15 is 0 Å². The molecule has 0 aromatic heterocycles. The number of hydrogen-bond acceptors (Lipinski definition) is 3. The smallest absolute Gasteiger partial charge is 0.241 e. The number of hydrogen-bond donors (Lipinski definition) is 1. The first-order valence-electron chi connectivity index (χ1n) is 5.39. The van der Waals surface area contributed by atoms with Gasteiger partial charge < -0.3 is 4.79 Å². The third-order valence-electron chi connectivity index (χ3n) is 2.43. The molecule has 0 aliphatic heterocycles. The molecule has 1 rings (SSSR count). The van der Waals surface area contributed by atoms with Gasteiger partial charge in [-0.3, -0.25) is 0 Å². The number of sulfonamides is 1. The Balaban J connectivity index is 3.11.